The third-order valence-electron chi connectivity index (χ3n) is 1.64. The SMILES string of the molecule is C/C(=C/c1ccc(C)cn1)C(=O)O. The summed E-state index contributed by atoms with van der Waals surface area (Å²) in [5.74, 6) is -0.914. The fourth-order valence-electron chi connectivity index (χ4n) is 0.848. The number of carboxylic acid groups (broad SMARTS) is 1. The van der Waals surface area contributed by atoms with Gasteiger partial charge in [-0.25, -0.2) is 4.79 Å². The Morgan fingerprint density at radius 2 is 2.23 bits per heavy atom. The Morgan fingerprint density at radius 3 is 2.69 bits per heavy atom. The standard InChI is InChI=1S/C10H11NO2/c1-7-3-4-9(11-6-7)5-8(2)10(12)13/h3-6H,1-2H3,(H,12,13)/b8-5-. The first-order chi connectivity index (χ1) is 6.09. The van der Waals surface area contributed by atoms with E-state index in [2.05, 4.69) is 4.98 Å². The molecule has 1 rings (SSSR count). The highest BCUT2D eigenvalue weighted by Gasteiger charge is 1.99. The van der Waals surface area contributed by atoms with Gasteiger partial charge in [-0.3, -0.25) is 4.98 Å². The van der Waals surface area contributed by atoms with Gasteiger partial charge in [0, 0.05) is 11.8 Å². The Bertz CT molecular complexity index is 338. The summed E-state index contributed by atoms with van der Waals surface area (Å²) >= 11 is 0. The number of aliphatic carboxylic acids is 1. The van der Waals surface area contributed by atoms with Gasteiger partial charge < -0.3 is 5.11 Å². The van der Waals surface area contributed by atoms with Gasteiger partial charge in [0.15, 0.2) is 0 Å². The van der Waals surface area contributed by atoms with Crippen LogP contribution in [0.5, 0.6) is 0 Å². The minimum absolute atomic E-state index is 0.288. The van der Waals surface area contributed by atoms with E-state index in [-0.39, 0.29) is 5.57 Å². The summed E-state index contributed by atoms with van der Waals surface area (Å²) < 4.78 is 0. The van der Waals surface area contributed by atoms with Gasteiger partial charge in [-0.15, -0.1) is 0 Å². The second kappa shape index (κ2) is 3.85. The molecule has 1 heterocycles. The maximum atomic E-state index is 10.5. The van der Waals surface area contributed by atoms with Crippen LogP contribution in [-0.4, -0.2) is 16.1 Å². The molecule has 0 radical (unpaired) electrons. The lowest BCUT2D eigenvalue weighted by Crippen LogP contribution is -1.96. The zero-order chi connectivity index (χ0) is 9.84. The number of aromatic nitrogens is 1. The molecule has 0 saturated heterocycles. The summed E-state index contributed by atoms with van der Waals surface area (Å²) in [6.45, 7) is 3.48. The molecule has 1 N–H and O–H groups in total. The van der Waals surface area contributed by atoms with Crippen molar-refractivity contribution in [3.8, 4) is 0 Å². The minimum Gasteiger partial charge on any atom is -0.478 e. The third kappa shape index (κ3) is 2.71. The van der Waals surface area contributed by atoms with Crippen molar-refractivity contribution >= 4 is 12.0 Å². The van der Waals surface area contributed by atoms with Gasteiger partial charge in [-0.2, -0.15) is 0 Å². The van der Waals surface area contributed by atoms with Gasteiger partial charge in [-0.1, -0.05) is 6.07 Å². The zero-order valence-corrected chi connectivity index (χ0v) is 7.61. The van der Waals surface area contributed by atoms with Crippen molar-refractivity contribution in [1.29, 1.82) is 0 Å². The lowest BCUT2D eigenvalue weighted by molar-refractivity contribution is -0.132. The van der Waals surface area contributed by atoms with Crippen LogP contribution in [0.3, 0.4) is 0 Å². The van der Waals surface area contributed by atoms with E-state index >= 15 is 0 Å². The molecular weight excluding hydrogens is 166 g/mol. The molecule has 1 aromatic heterocycles. The number of hydrogen-bond acceptors (Lipinski definition) is 2. The van der Waals surface area contributed by atoms with Crippen LogP contribution in [0.1, 0.15) is 18.2 Å². The van der Waals surface area contributed by atoms with E-state index in [0.29, 0.717) is 5.69 Å². The van der Waals surface area contributed by atoms with Gasteiger partial charge in [-0.05, 0) is 31.6 Å². The Balaban J connectivity index is 2.92. The predicted octanol–water partition coefficient (Wildman–Crippen LogP) is 1.88. The summed E-state index contributed by atoms with van der Waals surface area (Å²) in [4.78, 5) is 14.5. The van der Waals surface area contributed by atoms with Crippen LogP contribution in [0.25, 0.3) is 6.08 Å². The highest BCUT2D eigenvalue weighted by molar-refractivity contribution is 5.91. The lowest BCUT2D eigenvalue weighted by Gasteiger charge is -1.95. The molecule has 0 saturated carbocycles. The molecule has 68 valence electrons. The van der Waals surface area contributed by atoms with Crippen molar-refractivity contribution in [2.24, 2.45) is 0 Å². The van der Waals surface area contributed by atoms with Crippen LogP contribution in [0.4, 0.5) is 0 Å². The summed E-state index contributed by atoms with van der Waals surface area (Å²) in [6, 6.07) is 3.69. The fraction of sp³-hybridized carbons (Fsp3) is 0.200. The van der Waals surface area contributed by atoms with Crippen LogP contribution in [-0.2, 0) is 4.79 Å². The van der Waals surface area contributed by atoms with E-state index in [0.717, 1.165) is 5.56 Å². The van der Waals surface area contributed by atoms with Crippen molar-refractivity contribution in [2.45, 2.75) is 13.8 Å². The molecule has 0 aliphatic carbocycles. The van der Waals surface area contributed by atoms with Gasteiger partial charge in [0.25, 0.3) is 0 Å². The van der Waals surface area contributed by atoms with Crippen molar-refractivity contribution in [3.05, 3.63) is 35.2 Å². The quantitative estimate of drug-likeness (QED) is 0.701. The molecule has 0 fully saturated rings. The number of rotatable bonds is 2. The normalized spacial score (nSPS) is 11.4. The zero-order valence-electron chi connectivity index (χ0n) is 7.61. The van der Waals surface area contributed by atoms with Crippen LogP contribution < -0.4 is 0 Å². The molecule has 1 aromatic rings. The number of nitrogens with zero attached hydrogens (tertiary/aromatic N) is 1. The number of carbonyl (C=O) groups is 1. The second-order valence-corrected chi connectivity index (χ2v) is 2.89. The highest BCUT2D eigenvalue weighted by atomic mass is 16.4. The molecule has 0 aromatic carbocycles. The number of aryl methyl sites for hydroxylation is 1. The maximum absolute atomic E-state index is 10.5. The minimum atomic E-state index is -0.914. The van der Waals surface area contributed by atoms with Crippen LogP contribution >= 0.6 is 0 Å². The first-order valence-electron chi connectivity index (χ1n) is 3.94. The van der Waals surface area contributed by atoms with Gasteiger partial charge in [0.05, 0.1) is 5.69 Å². The van der Waals surface area contributed by atoms with Gasteiger partial charge >= 0.3 is 5.97 Å². The molecule has 0 unspecified atom stereocenters. The van der Waals surface area contributed by atoms with E-state index in [9.17, 15) is 4.79 Å². The molecular formula is C10H11NO2. The smallest absolute Gasteiger partial charge is 0.331 e. The molecule has 0 aliphatic rings. The fourth-order valence-corrected chi connectivity index (χ4v) is 0.848. The van der Waals surface area contributed by atoms with Crippen LogP contribution in [0.15, 0.2) is 23.9 Å². The van der Waals surface area contributed by atoms with Gasteiger partial charge in [0.2, 0.25) is 0 Å². The van der Waals surface area contributed by atoms with Crippen LogP contribution in [0.2, 0.25) is 0 Å². The first kappa shape index (κ1) is 9.45. The summed E-state index contributed by atoms with van der Waals surface area (Å²) in [5, 5.41) is 8.60. The number of pyridine rings is 1. The Kier molecular flexibility index (Phi) is 2.80. The monoisotopic (exact) mass is 177 g/mol. The Morgan fingerprint density at radius 1 is 1.54 bits per heavy atom. The van der Waals surface area contributed by atoms with E-state index in [1.54, 1.807) is 25.3 Å². The maximum Gasteiger partial charge on any atom is 0.331 e. The largest absolute Gasteiger partial charge is 0.478 e. The first-order valence-corrected chi connectivity index (χ1v) is 3.94. The van der Waals surface area contributed by atoms with E-state index in [1.807, 2.05) is 13.0 Å². The van der Waals surface area contributed by atoms with Gasteiger partial charge in [0.1, 0.15) is 0 Å². The molecule has 3 heteroatoms. The topological polar surface area (TPSA) is 50.2 Å². The van der Waals surface area contributed by atoms with E-state index in [4.69, 9.17) is 5.11 Å². The molecule has 0 amide bonds. The van der Waals surface area contributed by atoms with Crippen LogP contribution in [0, 0.1) is 6.92 Å². The molecule has 13 heavy (non-hydrogen) atoms. The summed E-state index contributed by atoms with van der Waals surface area (Å²) in [5.41, 5.74) is 2.02. The van der Waals surface area contributed by atoms with Crippen molar-refractivity contribution < 1.29 is 9.90 Å². The molecule has 0 spiro atoms. The lowest BCUT2D eigenvalue weighted by atomic mass is 10.2. The average Bonchev–Trinajstić information content (AvgIpc) is 2.08. The van der Waals surface area contributed by atoms with Crippen molar-refractivity contribution in [3.63, 3.8) is 0 Å². The second-order valence-electron chi connectivity index (χ2n) is 2.89. The Hall–Kier alpha value is -1.64. The molecule has 0 aliphatic heterocycles. The molecule has 0 bridgehead atoms. The highest BCUT2D eigenvalue weighted by Crippen LogP contribution is 2.04. The Labute approximate surface area is 76.7 Å². The van der Waals surface area contributed by atoms with Crippen molar-refractivity contribution in [1.82, 2.24) is 4.98 Å². The number of carboxylic acids is 1. The average molecular weight is 177 g/mol. The van der Waals surface area contributed by atoms with E-state index < -0.39 is 5.97 Å². The number of hydrogen-bond donors (Lipinski definition) is 1. The predicted molar refractivity (Wildman–Crippen MR) is 50.3 cm³/mol. The molecule has 0 atom stereocenters. The summed E-state index contributed by atoms with van der Waals surface area (Å²) in [6.07, 6.45) is 3.25. The van der Waals surface area contributed by atoms with E-state index in [1.165, 1.54) is 0 Å². The third-order valence-corrected chi connectivity index (χ3v) is 1.64. The summed E-state index contributed by atoms with van der Waals surface area (Å²) in [7, 11) is 0. The molecule has 3 nitrogen and oxygen atoms in total. The van der Waals surface area contributed by atoms with Crippen molar-refractivity contribution in [2.75, 3.05) is 0 Å².